The van der Waals surface area contributed by atoms with E-state index in [1.165, 1.54) is 19.3 Å². The van der Waals surface area contributed by atoms with Gasteiger partial charge in [-0.15, -0.1) is 12.4 Å². The highest BCUT2D eigenvalue weighted by atomic mass is 35.5. The van der Waals surface area contributed by atoms with Crippen LogP contribution in [0.2, 0.25) is 0 Å². The van der Waals surface area contributed by atoms with E-state index in [2.05, 4.69) is 6.92 Å². The fourth-order valence-electron chi connectivity index (χ4n) is 0.814. The summed E-state index contributed by atoms with van der Waals surface area (Å²) in [7, 11) is 1.56. The van der Waals surface area contributed by atoms with Crippen molar-refractivity contribution in [2.45, 2.75) is 39.0 Å². The Kier molecular flexibility index (Phi) is 11.9. The van der Waals surface area contributed by atoms with Crippen molar-refractivity contribution in [1.82, 2.24) is 0 Å². The predicted molar refractivity (Wildman–Crippen MR) is 50.7 cm³/mol. The highest BCUT2D eigenvalue weighted by Gasteiger charge is 1.93. The van der Waals surface area contributed by atoms with Gasteiger partial charge in [0.1, 0.15) is 0 Å². The largest absolute Gasteiger partial charge is 0.484 e. The van der Waals surface area contributed by atoms with Gasteiger partial charge in [-0.05, 0) is 6.42 Å². The molecule has 0 aliphatic heterocycles. The van der Waals surface area contributed by atoms with Crippen molar-refractivity contribution in [2.75, 3.05) is 7.11 Å². The lowest BCUT2D eigenvalue weighted by Gasteiger charge is -2.00. The third kappa shape index (κ3) is 9.76. The summed E-state index contributed by atoms with van der Waals surface area (Å²) >= 11 is 0. The van der Waals surface area contributed by atoms with E-state index in [9.17, 15) is 0 Å². The van der Waals surface area contributed by atoms with Crippen LogP contribution in [0.25, 0.3) is 0 Å². The van der Waals surface area contributed by atoms with E-state index in [-0.39, 0.29) is 12.4 Å². The van der Waals surface area contributed by atoms with Crippen molar-refractivity contribution in [3.05, 3.63) is 0 Å². The summed E-state index contributed by atoms with van der Waals surface area (Å²) in [5.74, 6) is 0.413. The van der Waals surface area contributed by atoms with Crippen molar-refractivity contribution in [2.24, 2.45) is 0 Å². The Labute approximate surface area is 75.2 Å². The smallest absolute Gasteiger partial charge is 0.180 e. The molecular weight excluding hydrogens is 162 g/mol. The minimum Gasteiger partial charge on any atom is -0.484 e. The standard InChI is InChI=1S/C8H17NO.ClH/c1-3-4-5-6-7-8(9)10-2;/h9H,3-7H2,1-2H3;1H. The number of rotatable bonds is 5. The predicted octanol–water partition coefficient (Wildman–Crippen LogP) is 3.00. The fourth-order valence-corrected chi connectivity index (χ4v) is 0.814. The molecule has 0 aromatic heterocycles. The average Bonchev–Trinajstić information content (AvgIpc) is 1.98. The van der Waals surface area contributed by atoms with Crippen molar-refractivity contribution in [3.8, 4) is 0 Å². The van der Waals surface area contributed by atoms with Crippen LogP contribution < -0.4 is 0 Å². The zero-order chi connectivity index (χ0) is 7.82. The monoisotopic (exact) mass is 179 g/mol. The maximum atomic E-state index is 7.15. The van der Waals surface area contributed by atoms with Crippen molar-refractivity contribution >= 4 is 18.3 Å². The number of nitrogens with one attached hydrogen (secondary N) is 1. The van der Waals surface area contributed by atoms with Crippen LogP contribution in [0, 0.1) is 5.41 Å². The molecule has 0 spiro atoms. The lowest BCUT2D eigenvalue weighted by molar-refractivity contribution is 0.383. The Bertz CT molecular complexity index is 96.1. The van der Waals surface area contributed by atoms with Crippen LogP contribution >= 0.6 is 12.4 Å². The lowest BCUT2D eigenvalue weighted by Crippen LogP contribution is -1.97. The van der Waals surface area contributed by atoms with Crippen LogP contribution in [0.5, 0.6) is 0 Å². The molecule has 0 saturated carbocycles. The van der Waals surface area contributed by atoms with E-state index in [0.717, 1.165) is 12.8 Å². The molecule has 0 bridgehead atoms. The molecule has 3 heteroatoms. The number of hydrogen-bond acceptors (Lipinski definition) is 2. The van der Waals surface area contributed by atoms with Gasteiger partial charge in [0, 0.05) is 6.42 Å². The summed E-state index contributed by atoms with van der Waals surface area (Å²) in [5.41, 5.74) is 0. The molecule has 0 aromatic rings. The zero-order valence-corrected chi connectivity index (χ0v) is 8.17. The second kappa shape index (κ2) is 9.76. The molecule has 0 fully saturated rings. The van der Waals surface area contributed by atoms with Gasteiger partial charge in [0.05, 0.1) is 7.11 Å². The van der Waals surface area contributed by atoms with Crippen LogP contribution in [0.3, 0.4) is 0 Å². The van der Waals surface area contributed by atoms with Gasteiger partial charge in [-0.25, -0.2) is 0 Å². The average molecular weight is 180 g/mol. The summed E-state index contributed by atoms with van der Waals surface area (Å²) in [4.78, 5) is 0. The number of halogens is 1. The number of methoxy groups -OCH3 is 1. The minimum atomic E-state index is 0. The Balaban J connectivity index is 0. The molecule has 0 unspecified atom stereocenters. The van der Waals surface area contributed by atoms with Gasteiger partial charge < -0.3 is 4.74 Å². The first-order valence-electron chi connectivity index (χ1n) is 3.92. The van der Waals surface area contributed by atoms with Gasteiger partial charge >= 0.3 is 0 Å². The third-order valence-corrected chi connectivity index (χ3v) is 1.50. The van der Waals surface area contributed by atoms with E-state index < -0.39 is 0 Å². The Morgan fingerprint density at radius 1 is 1.27 bits per heavy atom. The van der Waals surface area contributed by atoms with Crippen LogP contribution in [-0.2, 0) is 4.74 Å². The first-order chi connectivity index (χ1) is 4.81. The van der Waals surface area contributed by atoms with Gasteiger partial charge in [-0.3, -0.25) is 5.41 Å². The van der Waals surface area contributed by atoms with E-state index in [1.807, 2.05) is 0 Å². The Morgan fingerprint density at radius 2 is 1.91 bits per heavy atom. The van der Waals surface area contributed by atoms with E-state index >= 15 is 0 Å². The highest BCUT2D eigenvalue weighted by Crippen LogP contribution is 2.02. The van der Waals surface area contributed by atoms with E-state index in [4.69, 9.17) is 10.1 Å². The van der Waals surface area contributed by atoms with Crippen molar-refractivity contribution < 1.29 is 4.74 Å². The minimum absolute atomic E-state index is 0. The van der Waals surface area contributed by atoms with Crippen molar-refractivity contribution in [1.29, 1.82) is 5.41 Å². The quantitative estimate of drug-likeness (QED) is 0.393. The first-order valence-corrected chi connectivity index (χ1v) is 3.92. The second-order valence-corrected chi connectivity index (χ2v) is 2.44. The molecule has 1 N–H and O–H groups in total. The fraction of sp³-hybridized carbons (Fsp3) is 0.875. The number of hydrogen-bond donors (Lipinski definition) is 1. The second-order valence-electron chi connectivity index (χ2n) is 2.44. The molecular formula is C8H18ClNO. The van der Waals surface area contributed by atoms with E-state index in [1.54, 1.807) is 7.11 Å². The Hall–Kier alpha value is -0.240. The summed E-state index contributed by atoms with van der Waals surface area (Å²) in [6, 6.07) is 0. The number of unbranched alkanes of at least 4 members (excludes halogenated alkanes) is 3. The lowest BCUT2D eigenvalue weighted by atomic mass is 10.1. The topological polar surface area (TPSA) is 33.1 Å². The van der Waals surface area contributed by atoms with Crippen LogP contribution in [0.15, 0.2) is 0 Å². The molecule has 0 aromatic carbocycles. The van der Waals surface area contributed by atoms with Gasteiger partial charge in [0.15, 0.2) is 5.90 Å². The SMILES string of the molecule is CCCCCCC(=N)OC.Cl. The highest BCUT2D eigenvalue weighted by molar-refractivity contribution is 5.85. The maximum absolute atomic E-state index is 7.15. The van der Waals surface area contributed by atoms with Crippen LogP contribution in [0.4, 0.5) is 0 Å². The molecule has 0 aliphatic carbocycles. The first kappa shape index (κ1) is 13.4. The van der Waals surface area contributed by atoms with Gasteiger partial charge in [-0.1, -0.05) is 26.2 Å². The maximum Gasteiger partial charge on any atom is 0.180 e. The molecule has 0 atom stereocenters. The molecule has 0 heterocycles. The van der Waals surface area contributed by atoms with Crippen LogP contribution in [-0.4, -0.2) is 13.0 Å². The summed E-state index contributed by atoms with van der Waals surface area (Å²) in [6.45, 7) is 2.18. The summed E-state index contributed by atoms with van der Waals surface area (Å²) in [6.07, 6.45) is 5.65. The molecule has 0 radical (unpaired) electrons. The van der Waals surface area contributed by atoms with Crippen molar-refractivity contribution in [3.63, 3.8) is 0 Å². The number of ether oxygens (including phenoxy) is 1. The van der Waals surface area contributed by atoms with Gasteiger partial charge in [0.25, 0.3) is 0 Å². The normalized spacial score (nSPS) is 8.55. The Morgan fingerprint density at radius 3 is 2.36 bits per heavy atom. The molecule has 11 heavy (non-hydrogen) atoms. The van der Waals surface area contributed by atoms with Gasteiger partial charge in [-0.2, -0.15) is 0 Å². The molecule has 68 valence electrons. The molecule has 2 nitrogen and oxygen atoms in total. The van der Waals surface area contributed by atoms with Crippen LogP contribution in [0.1, 0.15) is 39.0 Å². The summed E-state index contributed by atoms with van der Waals surface area (Å²) in [5, 5.41) is 7.15. The third-order valence-electron chi connectivity index (χ3n) is 1.50. The molecule has 0 aliphatic rings. The summed E-state index contributed by atoms with van der Waals surface area (Å²) < 4.78 is 4.71. The molecule has 0 amide bonds. The van der Waals surface area contributed by atoms with Gasteiger partial charge in [0.2, 0.25) is 0 Å². The van der Waals surface area contributed by atoms with E-state index in [0.29, 0.717) is 5.90 Å². The molecule has 0 saturated heterocycles. The molecule has 0 rings (SSSR count). The zero-order valence-electron chi connectivity index (χ0n) is 7.35.